The maximum absolute atomic E-state index is 13.0. The van der Waals surface area contributed by atoms with E-state index >= 15 is 0 Å². The molecule has 0 unspecified atom stereocenters. The molecule has 1 aromatic rings. The second-order valence-corrected chi connectivity index (χ2v) is 8.14. The molecule has 8 heteroatoms. The minimum atomic E-state index is -3.45. The maximum Gasteiger partial charge on any atom is 0.223 e. The molecule has 134 valence electrons. The molecule has 1 amide bonds. The molecule has 2 rings (SSSR count). The fourth-order valence-electron chi connectivity index (χ4n) is 2.59. The largest absolute Gasteiger partial charge is 0.340 e. The van der Waals surface area contributed by atoms with Crippen molar-refractivity contribution in [1.82, 2.24) is 14.1 Å². The van der Waals surface area contributed by atoms with Gasteiger partial charge in [0.25, 0.3) is 0 Å². The van der Waals surface area contributed by atoms with Gasteiger partial charge in [-0.1, -0.05) is 12.1 Å². The molecule has 0 radical (unpaired) electrons. The number of carbonyl (C=O) groups excluding carboxylic acids is 1. The summed E-state index contributed by atoms with van der Waals surface area (Å²) in [5.74, 6) is -0.397. The quantitative estimate of drug-likeness (QED) is 0.754. The second kappa shape index (κ2) is 8.04. The van der Waals surface area contributed by atoms with Gasteiger partial charge in [0.15, 0.2) is 0 Å². The van der Waals surface area contributed by atoms with Crippen LogP contribution in [-0.4, -0.2) is 74.5 Å². The third-order valence-electron chi connectivity index (χ3n) is 4.17. The maximum atomic E-state index is 13.0. The average Bonchev–Trinajstić information content (AvgIpc) is 2.52. The molecular weight excluding hydrogens is 333 g/mol. The third kappa shape index (κ3) is 5.54. The van der Waals surface area contributed by atoms with Crippen molar-refractivity contribution in [2.45, 2.75) is 13.0 Å². The fourth-order valence-corrected chi connectivity index (χ4v) is 3.40. The number of sulfonamides is 1. The Morgan fingerprint density at radius 3 is 2.29 bits per heavy atom. The van der Waals surface area contributed by atoms with Crippen molar-refractivity contribution < 1.29 is 17.6 Å². The molecule has 0 atom stereocenters. The van der Waals surface area contributed by atoms with Gasteiger partial charge in [0.2, 0.25) is 15.9 Å². The molecule has 1 saturated heterocycles. The van der Waals surface area contributed by atoms with E-state index in [1.165, 1.54) is 16.4 Å². The summed E-state index contributed by atoms with van der Waals surface area (Å²) in [6, 6.07) is 5.70. The molecule has 1 aliphatic heterocycles. The Morgan fingerprint density at radius 1 is 1.17 bits per heavy atom. The molecule has 0 saturated carbocycles. The van der Waals surface area contributed by atoms with Crippen LogP contribution in [0.5, 0.6) is 0 Å². The summed E-state index contributed by atoms with van der Waals surface area (Å²) < 4.78 is 38.1. The zero-order valence-corrected chi connectivity index (χ0v) is 14.9. The Bertz CT molecular complexity index is 656. The lowest BCUT2D eigenvalue weighted by atomic mass is 10.2. The summed E-state index contributed by atoms with van der Waals surface area (Å²) >= 11 is 0. The van der Waals surface area contributed by atoms with Crippen LogP contribution in [0.25, 0.3) is 0 Å². The predicted octanol–water partition coefficient (Wildman–Crippen LogP) is 0.751. The van der Waals surface area contributed by atoms with E-state index in [-0.39, 0.29) is 31.2 Å². The molecule has 0 spiro atoms. The lowest BCUT2D eigenvalue weighted by molar-refractivity contribution is -0.132. The molecule has 24 heavy (non-hydrogen) atoms. The van der Waals surface area contributed by atoms with Gasteiger partial charge in [0.1, 0.15) is 5.82 Å². The SMILES string of the molecule is CN1CCN(C(=O)CCN(Cc2ccc(F)cc2)S(C)(=O)=O)CC1. The Kier molecular flexibility index (Phi) is 6.31. The summed E-state index contributed by atoms with van der Waals surface area (Å²) in [6.07, 6.45) is 1.27. The van der Waals surface area contributed by atoms with Crippen LogP contribution in [0.3, 0.4) is 0 Å². The van der Waals surface area contributed by atoms with E-state index < -0.39 is 10.0 Å². The third-order valence-corrected chi connectivity index (χ3v) is 5.42. The summed E-state index contributed by atoms with van der Waals surface area (Å²) in [4.78, 5) is 16.2. The van der Waals surface area contributed by atoms with Gasteiger partial charge < -0.3 is 9.80 Å². The Hall–Kier alpha value is -1.51. The first-order valence-corrected chi connectivity index (χ1v) is 9.76. The number of benzene rings is 1. The van der Waals surface area contributed by atoms with Crippen molar-refractivity contribution in [3.63, 3.8) is 0 Å². The summed E-state index contributed by atoms with van der Waals surface area (Å²) in [6.45, 7) is 3.27. The van der Waals surface area contributed by atoms with Crippen molar-refractivity contribution in [3.05, 3.63) is 35.6 Å². The highest BCUT2D eigenvalue weighted by Crippen LogP contribution is 2.11. The molecule has 0 aliphatic carbocycles. The number of hydrogen-bond acceptors (Lipinski definition) is 4. The lowest BCUT2D eigenvalue weighted by Crippen LogP contribution is -2.47. The van der Waals surface area contributed by atoms with Crippen LogP contribution in [0.2, 0.25) is 0 Å². The van der Waals surface area contributed by atoms with Crippen LogP contribution in [0, 0.1) is 5.82 Å². The molecule has 1 aliphatic rings. The van der Waals surface area contributed by atoms with Crippen molar-refractivity contribution in [2.75, 3.05) is 46.0 Å². The number of hydrogen-bond donors (Lipinski definition) is 0. The van der Waals surface area contributed by atoms with E-state index in [2.05, 4.69) is 4.90 Å². The number of likely N-dealkylation sites (N-methyl/N-ethyl adjacent to an activating group) is 1. The van der Waals surface area contributed by atoms with Crippen LogP contribution in [0.4, 0.5) is 4.39 Å². The van der Waals surface area contributed by atoms with Gasteiger partial charge in [0, 0.05) is 45.7 Å². The van der Waals surface area contributed by atoms with E-state index in [0.29, 0.717) is 18.7 Å². The minimum absolute atomic E-state index is 0.0316. The Morgan fingerprint density at radius 2 is 1.75 bits per heavy atom. The van der Waals surface area contributed by atoms with Crippen molar-refractivity contribution in [3.8, 4) is 0 Å². The van der Waals surface area contributed by atoms with Crippen LogP contribution in [0.1, 0.15) is 12.0 Å². The van der Waals surface area contributed by atoms with Crippen LogP contribution < -0.4 is 0 Å². The van der Waals surface area contributed by atoms with Crippen molar-refractivity contribution >= 4 is 15.9 Å². The van der Waals surface area contributed by atoms with Crippen molar-refractivity contribution in [1.29, 1.82) is 0 Å². The number of piperazine rings is 1. The predicted molar refractivity (Wildman–Crippen MR) is 90.3 cm³/mol. The minimum Gasteiger partial charge on any atom is -0.340 e. The van der Waals surface area contributed by atoms with Gasteiger partial charge in [0.05, 0.1) is 6.26 Å². The highest BCUT2D eigenvalue weighted by molar-refractivity contribution is 7.88. The first-order valence-electron chi connectivity index (χ1n) is 7.91. The molecule has 1 fully saturated rings. The number of halogens is 1. The zero-order valence-electron chi connectivity index (χ0n) is 14.1. The van der Waals surface area contributed by atoms with Gasteiger partial charge in [-0.3, -0.25) is 4.79 Å². The highest BCUT2D eigenvalue weighted by atomic mass is 32.2. The van der Waals surface area contributed by atoms with Crippen LogP contribution in [0.15, 0.2) is 24.3 Å². The molecular formula is C16H24FN3O3S. The van der Waals surface area contributed by atoms with Gasteiger partial charge >= 0.3 is 0 Å². The number of carbonyl (C=O) groups is 1. The summed E-state index contributed by atoms with van der Waals surface area (Å²) in [5.41, 5.74) is 0.689. The average molecular weight is 357 g/mol. The van der Waals surface area contributed by atoms with E-state index in [1.54, 1.807) is 17.0 Å². The standard InChI is InChI=1S/C16H24FN3O3S/c1-18-9-11-19(12-10-18)16(21)7-8-20(24(2,22)23)13-14-3-5-15(17)6-4-14/h3-6H,7-13H2,1-2H3. The monoisotopic (exact) mass is 357 g/mol. The van der Waals surface area contributed by atoms with Crippen molar-refractivity contribution in [2.24, 2.45) is 0 Å². The summed E-state index contributed by atoms with van der Waals surface area (Å²) in [5, 5.41) is 0. The first kappa shape index (κ1) is 18.8. The normalized spacial score (nSPS) is 16.6. The van der Waals surface area contributed by atoms with Gasteiger partial charge in [-0.05, 0) is 24.7 Å². The summed E-state index contributed by atoms with van der Waals surface area (Å²) in [7, 11) is -1.44. The smallest absolute Gasteiger partial charge is 0.223 e. The van der Waals surface area contributed by atoms with E-state index in [1.807, 2.05) is 7.05 Å². The number of amides is 1. The zero-order chi connectivity index (χ0) is 17.7. The van der Waals surface area contributed by atoms with E-state index in [0.717, 1.165) is 19.3 Å². The number of rotatable bonds is 6. The van der Waals surface area contributed by atoms with Crippen LogP contribution in [-0.2, 0) is 21.4 Å². The molecule has 1 heterocycles. The molecule has 0 aromatic heterocycles. The fraction of sp³-hybridized carbons (Fsp3) is 0.562. The second-order valence-electron chi connectivity index (χ2n) is 6.16. The number of nitrogens with zero attached hydrogens (tertiary/aromatic N) is 3. The van der Waals surface area contributed by atoms with Gasteiger partial charge in [-0.15, -0.1) is 0 Å². The molecule has 0 bridgehead atoms. The highest BCUT2D eigenvalue weighted by Gasteiger charge is 2.22. The van der Waals surface area contributed by atoms with Crippen LogP contribution >= 0.6 is 0 Å². The molecule has 6 nitrogen and oxygen atoms in total. The molecule has 0 N–H and O–H groups in total. The first-order chi connectivity index (χ1) is 11.3. The Balaban J connectivity index is 1.94. The lowest BCUT2D eigenvalue weighted by Gasteiger charge is -2.33. The van der Waals surface area contributed by atoms with E-state index in [4.69, 9.17) is 0 Å². The topological polar surface area (TPSA) is 60.9 Å². The van der Waals surface area contributed by atoms with Gasteiger partial charge in [-0.25, -0.2) is 12.8 Å². The molecule has 1 aromatic carbocycles. The Labute approximate surface area is 142 Å². The van der Waals surface area contributed by atoms with Gasteiger partial charge in [-0.2, -0.15) is 4.31 Å². The van der Waals surface area contributed by atoms with E-state index in [9.17, 15) is 17.6 Å².